The van der Waals surface area contributed by atoms with E-state index in [1.54, 1.807) is 12.4 Å². The summed E-state index contributed by atoms with van der Waals surface area (Å²) in [5.74, 6) is 0.233. The third kappa shape index (κ3) is 2.11. The number of hydrogen-bond donors (Lipinski definition) is 2. The number of ether oxygens (including phenoxy) is 1. The summed E-state index contributed by atoms with van der Waals surface area (Å²) < 4.78 is 5.54. The molecular formula is C16H17N5O. The second-order valence-electron chi connectivity index (χ2n) is 6.27. The Morgan fingerprint density at radius 3 is 2.59 bits per heavy atom. The molecule has 1 aliphatic heterocycles. The number of nitrogens with zero attached hydrogens (tertiary/aromatic N) is 3. The number of fused-ring (bicyclic) bond motifs is 1. The summed E-state index contributed by atoms with van der Waals surface area (Å²) in [4.78, 5) is 4.04. The first-order valence-corrected chi connectivity index (χ1v) is 6.99. The van der Waals surface area contributed by atoms with E-state index in [1.165, 1.54) is 0 Å². The predicted molar refractivity (Wildman–Crippen MR) is 80.8 cm³/mol. The molecule has 0 saturated carbocycles. The SMILES string of the molecule is CC(C)(C)c1[nH]nc2c1[C@@H](c1ccncc1)C(C#N)=C(N)O2. The van der Waals surface area contributed by atoms with Gasteiger partial charge in [0.1, 0.15) is 11.6 Å². The number of nitriles is 1. The van der Waals surface area contributed by atoms with Crippen LogP contribution < -0.4 is 10.5 Å². The van der Waals surface area contributed by atoms with E-state index < -0.39 is 0 Å². The van der Waals surface area contributed by atoms with Crippen molar-refractivity contribution in [3.8, 4) is 11.9 Å². The molecule has 22 heavy (non-hydrogen) atoms. The number of aromatic nitrogens is 3. The van der Waals surface area contributed by atoms with Gasteiger partial charge in [0.05, 0.1) is 11.5 Å². The molecule has 0 radical (unpaired) electrons. The molecule has 0 aromatic carbocycles. The van der Waals surface area contributed by atoms with Crippen LogP contribution in [-0.4, -0.2) is 15.2 Å². The molecule has 0 unspecified atom stereocenters. The molecule has 0 amide bonds. The summed E-state index contributed by atoms with van der Waals surface area (Å²) in [6.07, 6.45) is 3.40. The van der Waals surface area contributed by atoms with Gasteiger partial charge in [0, 0.05) is 23.5 Å². The highest BCUT2D eigenvalue weighted by Gasteiger charge is 2.37. The van der Waals surface area contributed by atoms with Crippen LogP contribution in [0.25, 0.3) is 0 Å². The third-order valence-corrected chi connectivity index (χ3v) is 3.73. The van der Waals surface area contributed by atoms with Gasteiger partial charge in [-0.3, -0.25) is 10.1 Å². The Hall–Kier alpha value is -2.81. The number of allylic oxidation sites excluding steroid dienone is 1. The van der Waals surface area contributed by atoms with Gasteiger partial charge >= 0.3 is 0 Å². The van der Waals surface area contributed by atoms with Crippen molar-refractivity contribution < 1.29 is 4.74 Å². The largest absolute Gasteiger partial charge is 0.420 e. The van der Waals surface area contributed by atoms with Crippen molar-refractivity contribution in [3.05, 3.63) is 52.8 Å². The average molecular weight is 295 g/mol. The minimum absolute atomic E-state index is 0.101. The Labute approximate surface area is 128 Å². The third-order valence-electron chi connectivity index (χ3n) is 3.73. The molecule has 2 aromatic rings. The van der Waals surface area contributed by atoms with E-state index in [9.17, 15) is 5.26 Å². The van der Waals surface area contributed by atoms with Crippen molar-refractivity contribution >= 4 is 0 Å². The van der Waals surface area contributed by atoms with E-state index >= 15 is 0 Å². The van der Waals surface area contributed by atoms with Crippen LogP contribution in [0.2, 0.25) is 0 Å². The van der Waals surface area contributed by atoms with Crippen molar-refractivity contribution in [2.45, 2.75) is 32.1 Å². The lowest BCUT2D eigenvalue weighted by atomic mass is 9.79. The van der Waals surface area contributed by atoms with Crippen molar-refractivity contribution in [1.29, 1.82) is 5.26 Å². The highest BCUT2D eigenvalue weighted by Crippen LogP contribution is 2.45. The Bertz CT molecular complexity index is 777. The number of hydrogen-bond acceptors (Lipinski definition) is 5. The molecule has 3 heterocycles. The molecule has 3 N–H and O–H groups in total. The van der Waals surface area contributed by atoms with E-state index in [1.807, 2.05) is 12.1 Å². The Kier molecular flexibility index (Phi) is 3.14. The van der Waals surface area contributed by atoms with E-state index in [0.717, 1.165) is 16.8 Å². The molecule has 0 saturated heterocycles. The molecule has 0 fully saturated rings. The second kappa shape index (κ2) is 4.88. The summed E-state index contributed by atoms with van der Waals surface area (Å²) in [5.41, 5.74) is 8.88. The van der Waals surface area contributed by atoms with Gasteiger partial charge in [-0.15, -0.1) is 5.10 Å². The van der Waals surface area contributed by atoms with Crippen molar-refractivity contribution in [2.75, 3.05) is 0 Å². The number of nitrogens with one attached hydrogen (secondary N) is 1. The molecule has 112 valence electrons. The van der Waals surface area contributed by atoms with Crippen LogP contribution in [0.4, 0.5) is 0 Å². The zero-order valence-corrected chi connectivity index (χ0v) is 12.7. The van der Waals surface area contributed by atoms with Gasteiger partial charge in [0.2, 0.25) is 11.8 Å². The molecule has 6 heteroatoms. The van der Waals surface area contributed by atoms with Crippen LogP contribution >= 0.6 is 0 Å². The molecule has 1 atom stereocenters. The van der Waals surface area contributed by atoms with Crippen molar-refractivity contribution in [3.63, 3.8) is 0 Å². The maximum Gasteiger partial charge on any atom is 0.244 e. The lowest BCUT2D eigenvalue weighted by Gasteiger charge is -2.27. The highest BCUT2D eigenvalue weighted by atomic mass is 16.5. The standard InChI is InChI=1S/C16H17N5O/c1-16(2,3)13-12-11(9-4-6-19-7-5-9)10(8-17)14(18)22-15(12)21-20-13/h4-7,11H,18H2,1-3H3,(H,20,21)/t11-/m0/s1. The number of pyridine rings is 1. The first kappa shape index (κ1) is 14.1. The van der Waals surface area contributed by atoms with Gasteiger partial charge in [-0.1, -0.05) is 20.8 Å². The van der Waals surface area contributed by atoms with Gasteiger partial charge in [-0.05, 0) is 17.7 Å². The monoisotopic (exact) mass is 295 g/mol. The molecule has 0 bridgehead atoms. The summed E-state index contributed by atoms with van der Waals surface area (Å²) in [5, 5.41) is 16.8. The fourth-order valence-electron chi connectivity index (χ4n) is 2.71. The topological polar surface area (TPSA) is 101 Å². The molecule has 0 spiro atoms. The van der Waals surface area contributed by atoms with E-state index in [4.69, 9.17) is 10.5 Å². The predicted octanol–water partition coefficient (Wildman–Crippen LogP) is 2.32. The maximum atomic E-state index is 9.54. The molecular weight excluding hydrogens is 278 g/mol. The number of H-pyrrole nitrogens is 1. The second-order valence-corrected chi connectivity index (χ2v) is 6.27. The molecule has 1 aliphatic rings. The Morgan fingerprint density at radius 1 is 1.32 bits per heavy atom. The van der Waals surface area contributed by atoms with Crippen LogP contribution in [0.15, 0.2) is 36.0 Å². The maximum absolute atomic E-state index is 9.54. The molecule has 2 aromatic heterocycles. The van der Waals surface area contributed by atoms with E-state index in [0.29, 0.717) is 11.5 Å². The summed E-state index contributed by atoms with van der Waals surface area (Å²) in [6.45, 7) is 6.24. The fourth-order valence-corrected chi connectivity index (χ4v) is 2.71. The number of aromatic amines is 1. The Morgan fingerprint density at radius 2 is 2.00 bits per heavy atom. The molecule has 0 aliphatic carbocycles. The minimum atomic E-state index is -0.301. The minimum Gasteiger partial charge on any atom is -0.420 e. The molecule has 6 nitrogen and oxygen atoms in total. The quantitative estimate of drug-likeness (QED) is 0.840. The van der Waals surface area contributed by atoms with Crippen LogP contribution in [0.1, 0.15) is 43.5 Å². The van der Waals surface area contributed by atoms with Crippen LogP contribution in [0.5, 0.6) is 5.88 Å². The first-order chi connectivity index (χ1) is 10.4. The van der Waals surface area contributed by atoms with Crippen molar-refractivity contribution in [2.24, 2.45) is 5.73 Å². The van der Waals surface area contributed by atoms with Crippen LogP contribution in [-0.2, 0) is 5.41 Å². The zero-order chi connectivity index (χ0) is 15.9. The highest BCUT2D eigenvalue weighted by molar-refractivity contribution is 5.55. The summed E-state index contributed by atoms with van der Waals surface area (Å²) >= 11 is 0. The van der Waals surface area contributed by atoms with Gasteiger partial charge in [-0.25, -0.2) is 0 Å². The molecule has 3 rings (SSSR count). The smallest absolute Gasteiger partial charge is 0.244 e. The lowest BCUT2D eigenvalue weighted by Crippen LogP contribution is -2.23. The zero-order valence-electron chi connectivity index (χ0n) is 12.7. The van der Waals surface area contributed by atoms with Gasteiger partial charge in [-0.2, -0.15) is 5.26 Å². The van der Waals surface area contributed by atoms with Crippen molar-refractivity contribution in [1.82, 2.24) is 15.2 Å². The lowest BCUT2D eigenvalue weighted by molar-refractivity contribution is 0.378. The van der Waals surface area contributed by atoms with E-state index in [2.05, 4.69) is 42.0 Å². The average Bonchev–Trinajstić information content (AvgIpc) is 2.90. The number of nitrogens with two attached hydrogens (primary N) is 1. The van der Waals surface area contributed by atoms with Crippen LogP contribution in [0, 0.1) is 11.3 Å². The summed E-state index contributed by atoms with van der Waals surface area (Å²) in [7, 11) is 0. The van der Waals surface area contributed by atoms with Gasteiger partial charge < -0.3 is 10.5 Å². The van der Waals surface area contributed by atoms with Crippen LogP contribution in [0.3, 0.4) is 0 Å². The normalized spacial score (nSPS) is 17.6. The van der Waals surface area contributed by atoms with Gasteiger partial charge in [0.25, 0.3) is 0 Å². The first-order valence-electron chi connectivity index (χ1n) is 6.99. The number of rotatable bonds is 1. The van der Waals surface area contributed by atoms with E-state index in [-0.39, 0.29) is 17.2 Å². The summed E-state index contributed by atoms with van der Waals surface area (Å²) in [6, 6.07) is 5.94. The van der Waals surface area contributed by atoms with Gasteiger partial charge in [0.15, 0.2) is 0 Å². The Balaban J connectivity index is 2.27. The fraction of sp³-hybridized carbons (Fsp3) is 0.312.